The lowest BCUT2D eigenvalue weighted by atomic mass is 10.2. The summed E-state index contributed by atoms with van der Waals surface area (Å²) in [7, 11) is 5.18. The van der Waals surface area contributed by atoms with Crippen molar-refractivity contribution in [3.63, 3.8) is 0 Å². The van der Waals surface area contributed by atoms with Crippen molar-refractivity contribution in [3.8, 4) is 11.5 Å². The van der Waals surface area contributed by atoms with E-state index in [-0.39, 0.29) is 5.75 Å². The average molecular weight is 273 g/mol. The number of phenols is 1. The van der Waals surface area contributed by atoms with Crippen LogP contribution >= 0.6 is 15.9 Å². The largest absolute Gasteiger partial charge is 0.503 e. The van der Waals surface area contributed by atoms with Crippen molar-refractivity contribution in [1.29, 1.82) is 0 Å². The molecule has 0 saturated heterocycles. The van der Waals surface area contributed by atoms with Crippen molar-refractivity contribution in [2.75, 3.05) is 21.2 Å². The number of methoxy groups -OCH3 is 1. The number of halogens is 1. The fraction of sp³-hybridized carbons (Fsp3) is 0.300. The van der Waals surface area contributed by atoms with Crippen LogP contribution in [0.4, 0.5) is 0 Å². The van der Waals surface area contributed by atoms with E-state index in [1.807, 2.05) is 14.1 Å². The number of rotatable bonds is 3. The predicted molar refractivity (Wildman–Crippen MR) is 63.6 cm³/mol. The Morgan fingerprint density at radius 1 is 1.47 bits per heavy atom. The summed E-state index contributed by atoms with van der Waals surface area (Å²) in [4.78, 5) is 0. The molecular weight excluding hydrogens is 260 g/mol. The van der Waals surface area contributed by atoms with E-state index in [2.05, 4.69) is 21.0 Å². The first kappa shape index (κ1) is 11.8. The second-order valence-electron chi connectivity index (χ2n) is 3.15. The smallest absolute Gasteiger partial charge is 0.172 e. The lowest BCUT2D eigenvalue weighted by Crippen LogP contribution is -2.02. The molecule has 0 radical (unpaired) electrons. The van der Waals surface area contributed by atoms with Crippen molar-refractivity contribution in [2.45, 2.75) is 0 Å². The summed E-state index contributed by atoms with van der Waals surface area (Å²) >= 11 is 3.24. The Balaban J connectivity index is 3.06. The molecule has 0 aliphatic carbocycles. The van der Waals surface area contributed by atoms with E-state index in [4.69, 9.17) is 4.74 Å². The van der Waals surface area contributed by atoms with Gasteiger partial charge in [0.25, 0.3) is 0 Å². The highest BCUT2D eigenvalue weighted by Gasteiger charge is 2.07. The molecule has 5 heteroatoms. The quantitative estimate of drug-likeness (QED) is 0.677. The van der Waals surface area contributed by atoms with E-state index in [9.17, 15) is 5.11 Å². The van der Waals surface area contributed by atoms with Crippen LogP contribution in [-0.4, -0.2) is 37.5 Å². The van der Waals surface area contributed by atoms with Gasteiger partial charge in [0.15, 0.2) is 11.5 Å². The van der Waals surface area contributed by atoms with Crippen molar-refractivity contribution in [2.24, 2.45) is 5.10 Å². The van der Waals surface area contributed by atoms with Gasteiger partial charge in [-0.15, -0.1) is 0 Å². The van der Waals surface area contributed by atoms with Gasteiger partial charge in [-0.05, 0) is 33.6 Å². The topological polar surface area (TPSA) is 45.1 Å². The molecule has 4 nitrogen and oxygen atoms in total. The lowest BCUT2D eigenvalue weighted by molar-refractivity contribution is 0.372. The maximum atomic E-state index is 9.57. The van der Waals surface area contributed by atoms with Gasteiger partial charge in [0.2, 0.25) is 0 Å². The molecule has 0 aromatic heterocycles. The minimum atomic E-state index is 0.0968. The third-order valence-electron chi connectivity index (χ3n) is 1.71. The average Bonchev–Trinajstić information content (AvgIpc) is 2.19. The highest BCUT2D eigenvalue weighted by molar-refractivity contribution is 9.10. The second-order valence-corrected chi connectivity index (χ2v) is 4.00. The summed E-state index contributed by atoms with van der Waals surface area (Å²) < 4.78 is 5.60. The van der Waals surface area contributed by atoms with Gasteiger partial charge in [-0.3, -0.25) is 0 Å². The van der Waals surface area contributed by atoms with E-state index in [1.54, 1.807) is 23.4 Å². The number of nitrogens with zero attached hydrogens (tertiary/aromatic N) is 2. The first-order valence-corrected chi connectivity index (χ1v) is 5.11. The second kappa shape index (κ2) is 5.02. The molecular formula is C10H13BrN2O2. The molecule has 1 aromatic rings. The number of hydrogen-bond acceptors (Lipinski definition) is 4. The number of aromatic hydroxyl groups is 1. The number of phenolic OH excluding ortho intramolecular Hbond substituents is 1. The van der Waals surface area contributed by atoms with E-state index < -0.39 is 0 Å². The van der Waals surface area contributed by atoms with E-state index in [1.165, 1.54) is 7.11 Å². The SMILES string of the molecule is COc1cc(C=NN(C)C)cc(Br)c1O. The Labute approximate surface area is 97.3 Å². The first-order chi connectivity index (χ1) is 7.04. The van der Waals surface area contributed by atoms with Crippen LogP contribution in [-0.2, 0) is 0 Å². The number of hydrogen-bond donors (Lipinski definition) is 1. The first-order valence-electron chi connectivity index (χ1n) is 4.32. The molecule has 0 atom stereocenters. The molecule has 1 rings (SSSR count). The summed E-state index contributed by atoms with van der Waals surface area (Å²) in [6.07, 6.45) is 1.69. The molecule has 1 aromatic carbocycles. The monoisotopic (exact) mass is 272 g/mol. The van der Waals surface area contributed by atoms with Gasteiger partial charge in [0.1, 0.15) is 0 Å². The van der Waals surface area contributed by atoms with Gasteiger partial charge in [-0.25, -0.2) is 0 Å². The summed E-state index contributed by atoms with van der Waals surface area (Å²) in [5.41, 5.74) is 0.852. The zero-order valence-corrected chi connectivity index (χ0v) is 10.4. The molecule has 15 heavy (non-hydrogen) atoms. The van der Waals surface area contributed by atoms with Gasteiger partial charge >= 0.3 is 0 Å². The summed E-state index contributed by atoms with van der Waals surface area (Å²) in [5, 5.41) is 15.4. The molecule has 0 saturated carbocycles. The standard InChI is InChI=1S/C10H13BrN2O2/c1-13(2)12-6-7-4-8(11)10(14)9(5-7)15-3/h4-6,14H,1-3H3. The minimum Gasteiger partial charge on any atom is -0.503 e. The van der Waals surface area contributed by atoms with Crippen LogP contribution in [0, 0.1) is 0 Å². The van der Waals surface area contributed by atoms with Crippen LogP contribution in [0.1, 0.15) is 5.56 Å². The van der Waals surface area contributed by atoms with Crippen molar-refractivity contribution in [1.82, 2.24) is 5.01 Å². The number of ether oxygens (including phenoxy) is 1. The van der Waals surface area contributed by atoms with Gasteiger partial charge < -0.3 is 14.9 Å². The summed E-state index contributed by atoms with van der Waals surface area (Å²) in [6.45, 7) is 0. The van der Waals surface area contributed by atoms with Crippen LogP contribution in [0.15, 0.2) is 21.7 Å². The zero-order valence-electron chi connectivity index (χ0n) is 8.86. The fourth-order valence-electron chi connectivity index (χ4n) is 1.01. The van der Waals surface area contributed by atoms with Crippen molar-refractivity contribution < 1.29 is 9.84 Å². The molecule has 0 aliphatic rings. The minimum absolute atomic E-state index is 0.0968. The Morgan fingerprint density at radius 2 is 2.13 bits per heavy atom. The van der Waals surface area contributed by atoms with Crippen molar-refractivity contribution >= 4 is 22.1 Å². The molecule has 0 aliphatic heterocycles. The molecule has 0 heterocycles. The molecule has 0 amide bonds. The normalized spacial score (nSPS) is 10.7. The molecule has 0 bridgehead atoms. The van der Waals surface area contributed by atoms with Crippen LogP contribution in [0.3, 0.4) is 0 Å². The third kappa shape index (κ3) is 3.13. The highest BCUT2D eigenvalue weighted by atomic mass is 79.9. The van der Waals surface area contributed by atoms with Crippen LogP contribution in [0.2, 0.25) is 0 Å². The Morgan fingerprint density at radius 3 is 2.67 bits per heavy atom. The third-order valence-corrected chi connectivity index (χ3v) is 2.31. The van der Waals surface area contributed by atoms with Gasteiger partial charge in [-0.2, -0.15) is 5.10 Å². The zero-order chi connectivity index (χ0) is 11.4. The Hall–Kier alpha value is -1.23. The predicted octanol–water partition coefficient (Wildman–Crippen LogP) is 2.06. The molecule has 0 unspecified atom stereocenters. The molecule has 1 N–H and O–H groups in total. The summed E-state index contributed by atoms with van der Waals surface area (Å²) in [5.74, 6) is 0.518. The number of hydrazone groups is 1. The highest BCUT2D eigenvalue weighted by Crippen LogP contribution is 2.34. The Kier molecular flexibility index (Phi) is 3.96. The maximum Gasteiger partial charge on any atom is 0.172 e. The van der Waals surface area contributed by atoms with Crippen LogP contribution in [0.5, 0.6) is 11.5 Å². The number of benzene rings is 1. The van der Waals surface area contributed by atoms with Gasteiger partial charge in [-0.1, -0.05) is 0 Å². The lowest BCUT2D eigenvalue weighted by Gasteiger charge is -2.07. The van der Waals surface area contributed by atoms with Gasteiger partial charge in [0.05, 0.1) is 17.8 Å². The Bertz CT molecular complexity index is 378. The maximum absolute atomic E-state index is 9.57. The van der Waals surface area contributed by atoms with Crippen LogP contribution < -0.4 is 4.74 Å². The van der Waals surface area contributed by atoms with E-state index in [0.29, 0.717) is 10.2 Å². The van der Waals surface area contributed by atoms with E-state index in [0.717, 1.165) is 5.56 Å². The van der Waals surface area contributed by atoms with Crippen molar-refractivity contribution in [3.05, 3.63) is 22.2 Å². The van der Waals surface area contributed by atoms with Gasteiger partial charge in [0, 0.05) is 14.1 Å². The molecule has 0 spiro atoms. The van der Waals surface area contributed by atoms with E-state index >= 15 is 0 Å². The fourth-order valence-corrected chi connectivity index (χ4v) is 1.47. The summed E-state index contributed by atoms with van der Waals surface area (Å²) in [6, 6.07) is 3.48. The molecule has 0 fully saturated rings. The van der Waals surface area contributed by atoms with Crippen LogP contribution in [0.25, 0.3) is 0 Å². The molecule has 82 valence electrons.